The molecule has 1 aliphatic rings. The summed E-state index contributed by atoms with van der Waals surface area (Å²) in [4.78, 5) is 21.4. The molecule has 1 amide bonds. The highest BCUT2D eigenvalue weighted by Gasteiger charge is 2.28. The molecule has 10 nitrogen and oxygen atoms in total. The molecule has 0 saturated carbocycles. The largest absolute Gasteiger partial charge is 0.490 e. The number of para-hydroxylation sites is 1. The van der Waals surface area contributed by atoms with Gasteiger partial charge in [0.1, 0.15) is 23.9 Å². The van der Waals surface area contributed by atoms with E-state index in [0.717, 1.165) is 11.3 Å². The number of amides is 1. The van der Waals surface area contributed by atoms with Crippen LogP contribution in [0.3, 0.4) is 0 Å². The molecular weight excluding hydrogens is 460 g/mol. The van der Waals surface area contributed by atoms with E-state index in [1.54, 1.807) is 36.5 Å². The van der Waals surface area contributed by atoms with Crippen molar-refractivity contribution < 1.29 is 27.5 Å². The Hall–Kier alpha value is -3.96. The second-order valence-electron chi connectivity index (χ2n) is 7.09. The van der Waals surface area contributed by atoms with Gasteiger partial charge in [-0.1, -0.05) is 36.4 Å². The smallest absolute Gasteiger partial charge is 0.285 e. The highest BCUT2D eigenvalue weighted by atomic mass is 32.2. The molecule has 4 rings (SSSR count). The minimum absolute atomic E-state index is 0.0392. The molecule has 0 atom stereocenters. The van der Waals surface area contributed by atoms with E-state index in [0.29, 0.717) is 24.7 Å². The summed E-state index contributed by atoms with van der Waals surface area (Å²) in [6.45, 7) is 0.642. The first-order chi connectivity index (χ1) is 16.5. The van der Waals surface area contributed by atoms with E-state index in [2.05, 4.69) is 20.2 Å². The number of carbonyl (C=O) groups is 1. The lowest BCUT2D eigenvalue weighted by atomic mass is 10.2. The number of carbonyl (C=O) groups excluding carboxylic acids is 1. The summed E-state index contributed by atoms with van der Waals surface area (Å²) < 4.78 is 38.7. The zero-order valence-electron chi connectivity index (χ0n) is 18.0. The third-order valence-electron chi connectivity index (χ3n) is 4.64. The maximum Gasteiger partial charge on any atom is 0.285 e. The minimum atomic E-state index is -3.75. The first-order valence-corrected chi connectivity index (χ1v) is 11.8. The number of nitrogens with zero attached hydrogens (tertiary/aromatic N) is 2. The number of fused-ring (bicyclic) bond motifs is 1. The number of sulfonamides is 1. The third-order valence-corrected chi connectivity index (χ3v) is 5.97. The highest BCUT2D eigenvalue weighted by Crippen LogP contribution is 2.24. The molecule has 0 spiro atoms. The van der Waals surface area contributed by atoms with Crippen LogP contribution in [-0.2, 0) is 26.2 Å². The van der Waals surface area contributed by atoms with Gasteiger partial charge in [-0.15, -0.1) is 4.40 Å². The molecule has 2 aromatic carbocycles. The van der Waals surface area contributed by atoms with Gasteiger partial charge in [-0.2, -0.15) is 8.42 Å². The molecular formula is C23H22N4O6S. The fraction of sp³-hybridized carbons (Fsp3) is 0.174. The van der Waals surface area contributed by atoms with E-state index in [-0.39, 0.29) is 23.9 Å². The van der Waals surface area contributed by atoms with Crippen molar-refractivity contribution in [3.63, 3.8) is 0 Å². The van der Waals surface area contributed by atoms with E-state index < -0.39 is 15.9 Å². The molecule has 2 N–H and O–H groups in total. The summed E-state index contributed by atoms with van der Waals surface area (Å²) in [5, 5.41) is 2.69. The lowest BCUT2D eigenvalue weighted by Crippen LogP contribution is -2.32. The monoisotopic (exact) mass is 482 g/mol. The Bertz CT molecular complexity index is 1260. The molecule has 0 unspecified atom stereocenters. The maximum atomic E-state index is 12.0. The molecule has 176 valence electrons. The minimum Gasteiger partial charge on any atom is -0.490 e. The summed E-state index contributed by atoms with van der Waals surface area (Å²) in [6.07, 6.45) is 1.60. The van der Waals surface area contributed by atoms with Crippen LogP contribution in [0.1, 0.15) is 11.1 Å². The first-order valence-electron chi connectivity index (χ1n) is 10.4. The molecule has 0 radical (unpaired) electrons. The van der Waals surface area contributed by atoms with Crippen molar-refractivity contribution >= 4 is 21.8 Å². The molecule has 0 saturated heterocycles. The van der Waals surface area contributed by atoms with Gasteiger partial charge in [-0.3, -0.25) is 9.63 Å². The van der Waals surface area contributed by atoms with Crippen molar-refractivity contribution in [3.8, 4) is 11.6 Å². The first kappa shape index (κ1) is 23.2. The number of hydroxylamine groups is 1. The van der Waals surface area contributed by atoms with Crippen molar-refractivity contribution in [2.45, 2.75) is 11.4 Å². The number of amidine groups is 1. The second-order valence-corrected chi connectivity index (χ2v) is 8.67. The highest BCUT2D eigenvalue weighted by molar-refractivity contribution is 7.90. The number of pyridine rings is 1. The fourth-order valence-corrected chi connectivity index (χ4v) is 4.19. The number of rotatable bonds is 10. The van der Waals surface area contributed by atoms with Crippen LogP contribution in [0.4, 0.5) is 0 Å². The van der Waals surface area contributed by atoms with Crippen LogP contribution in [-0.4, -0.2) is 45.0 Å². The fourth-order valence-electron chi connectivity index (χ4n) is 3.02. The molecule has 11 heteroatoms. The number of aromatic nitrogens is 1. The zero-order chi connectivity index (χ0) is 23.8. The summed E-state index contributed by atoms with van der Waals surface area (Å²) in [7, 11) is -3.75. The molecule has 1 aliphatic heterocycles. The van der Waals surface area contributed by atoms with Gasteiger partial charge in [-0.25, -0.2) is 10.5 Å². The van der Waals surface area contributed by atoms with Crippen LogP contribution in [0, 0.1) is 0 Å². The van der Waals surface area contributed by atoms with E-state index >= 15 is 0 Å². The van der Waals surface area contributed by atoms with Crippen LogP contribution >= 0.6 is 0 Å². The SMILES string of the molecule is O=C(CONC1=NS(=O)(=O)c2ccccc21)NCc1ccc(OCCOc2ccccc2)nc1. The molecule has 2 heterocycles. The number of benzene rings is 2. The Balaban J connectivity index is 1.15. The average Bonchev–Trinajstić information content (AvgIpc) is 3.12. The van der Waals surface area contributed by atoms with Crippen LogP contribution in [0.2, 0.25) is 0 Å². The lowest BCUT2D eigenvalue weighted by molar-refractivity contribution is -0.127. The summed E-state index contributed by atoms with van der Waals surface area (Å²) in [6, 6.07) is 19.3. The van der Waals surface area contributed by atoms with Crippen molar-refractivity contribution in [1.29, 1.82) is 0 Å². The zero-order valence-corrected chi connectivity index (χ0v) is 18.8. The molecule has 0 bridgehead atoms. The van der Waals surface area contributed by atoms with Gasteiger partial charge in [0, 0.05) is 24.4 Å². The third kappa shape index (κ3) is 6.09. The van der Waals surface area contributed by atoms with Gasteiger partial charge >= 0.3 is 0 Å². The number of nitrogens with one attached hydrogen (secondary N) is 2. The van der Waals surface area contributed by atoms with E-state index in [1.807, 2.05) is 30.3 Å². The Kier molecular flexibility index (Phi) is 7.35. The Morgan fingerprint density at radius 2 is 1.68 bits per heavy atom. The molecule has 0 aliphatic carbocycles. The van der Waals surface area contributed by atoms with E-state index in [1.165, 1.54) is 6.07 Å². The summed E-state index contributed by atoms with van der Waals surface area (Å²) >= 11 is 0. The number of ether oxygens (including phenoxy) is 2. The predicted molar refractivity (Wildman–Crippen MR) is 123 cm³/mol. The van der Waals surface area contributed by atoms with Crippen molar-refractivity contribution in [2.24, 2.45) is 4.40 Å². The standard InChI is InChI=1S/C23H22N4O6S/c28-21(16-33-26-23-19-8-4-5-9-20(19)34(29,30)27-23)24-14-17-10-11-22(25-15-17)32-13-12-31-18-6-2-1-3-7-18/h1-11,15H,12-14,16H2,(H,24,28)(H,26,27). The van der Waals surface area contributed by atoms with Crippen LogP contribution in [0.25, 0.3) is 0 Å². The van der Waals surface area contributed by atoms with Gasteiger partial charge in [0.15, 0.2) is 12.4 Å². The topological polar surface area (TPSA) is 128 Å². The lowest BCUT2D eigenvalue weighted by Gasteiger charge is -2.09. The van der Waals surface area contributed by atoms with E-state index in [9.17, 15) is 13.2 Å². The predicted octanol–water partition coefficient (Wildman–Crippen LogP) is 1.83. The van der Waals surface area contributed by atoms with Crippen molar-refractivity contribution in [1.82, 2.24) is 15.8 Å². The molecule has 0 fully saturated rings. The van der Waals surface area contributed by atoms with Gasteiger partial charge in [0.2, 0.25) is 11.8 Å². The summed E-state index contributed by atoms with van der Waals surface area (Å²) in [5.41, 5.74) is 3.60. The van der Waals surface area contributed by atoms with Crippen LogP contribution in [0.5, 0.6) is 11.6 Å². The Labute approximate surface area is 196 Å². The average molecular weight is 483 g/mol. The van der Waals surface area contributed by atoms with E-state index in [4.69, 9.17) is 14.3 Å². The Morgan fingerprint density at radius 1 is 0.912 bits per heavy atom. The Morgan fingerprint density at radius 3 is 2.47 bits per heavy atom. The van der Waals surface area contributed by atoms with Gasteiger partial charge in [0.05, 0.1) is 0 Å². The van der Waals surface area contributed by atoms with Gasteiger partial charge < -0.3 is 14.8 Å². The van der Waals surface area contributed by atoms with Crippen LogP contribution in [0.15, 0.2) is 82.2 Å². The molecule has 34 heavy (non-hydrogen) atoms. The van der Waals surface area contributed by atoms with Crippen molar-refractivity contribution in [2.75, 3.05) is 19.8 Å². The van der Waals surface area contributed by atoms with Crippen LogP contribution < -0.4 is 20.3 Å². The van der Waals surface area contributed by atoms with Gasteiger partial charge in [0.25, 0.3) is 10.0 Å². The normalized spacial score (nSPS) is 13.5. The quantitative estimate of drug-likeness (QED) is 0.331. The second kappa shape index (κ2) is 10.8. The number of hydrogen-bond acceptors (Lipinski definition) is 8. The number of hydrogen-bond donors (Lipinski definition) is 2. The summed E-state index contributed by atoms with van der Waals surface area (Å²) in [5.74, 6) is 0.861. The molecule has 3 aromatic rings. The maximum absolute atomic E-state index is 12.0. The van der Waals surface area contributed by atoms with Crippen molar-refractivity contribution in [3.05, 3.63) is 84.1 Å². The molecule has 1 aromatic heterocycles. The van der Waals surface area contributed by atoms with Gasteiger partial charge in [-0.05, 0) is 29.8 Å².